The molecule has 0 aliphatic heterocycles. The number of rotatable bonds is 9. The number of aryl methyl sites for hydroxylation is 1. The summed E-state index contributed by atoms with van der Waals surface area (Å²) in [5.74, 6) is 1.30. The van der Waals surface area contributed by atoms with Gasteiger partial charge in [-0.3, -0.25) is 14.0 Å². The SMILES string of the molecule is Cc1ccccc1-n1c(=O)c2ccccc2n2c(SCC(=O)NC(C)CCCC(C)C)nnc12. The number of thioether (sulfide) groups is 1. The predicted octanol–water partition coefficient (Wildman–Crippen LogP) is 4.76. The van der Waals surface area contributed by atoms with Crippen molar-refractivity contribution >= 4 is 34.3 Å². The molecule has 0 saturated heterocycles. The van der Waals surface area contributed by atoms with Crippen LogP contribution in [0.2, 0.25) is 0 Å². The van der Waals surface area contributed by atoms with Gasteiger partial charge in [-0.1, -0.05) is 68.8 Å². The molecule has 0 bridgehead atoms. The Morgan fingerprint density at radius 1 is 1.03 bits per heavy atom. The number of hydrogen-bond donors (Lipinski definition) is 1. The van der Waals surface area contributed by atoms with Gasteiger partial charge < -0.3 is 5.32 Å². The molecule has 1 N–H and O–H groups in total. The molecule has 2 aromatic carbocycles. The van der Waals surface area contributed by atoms with Crippen molar-refractivity contribution in [1.82, 2.24) is 24.5 Å². The number of aromatic nitrogens is 4. The molecule has 2 aromatic heterocycles. The molecule has 7 nitrogen and oxygen atoms in total. The summed E-state index contributed by atoms with van der Waals surface area (Å²) in [6.07, 6.45) is 3.23. The van der Waals surface area contributed by atoms with Crippen molar-refractivity contribution in [3.05, 3.63) is 64.4 Å². The van der Waals surface area contributed by atoms with Gasteiger partial charge in [0, 0.05) is 6.04 Å². The van der Waals surface area contributed by atoms with E-state index in [9.17, 15) is 9.59 Å². The number of nitrogens with one attached hydrogen (secondary N) is 1. The molecule has 0 saturated carbocycles. The minimum absolute atomic E-state index is 0.0321. The van der Waals surface area contributed by atoms with Crippen LogP contribution < -0.4 is 10.9 Å². The highest BCUT2D eigenvalue weighted by molar-refractivity contribution is 7.99. The second-order valence-electron chi connectivity index (χ2n) is 9.14. The standard InChI is InChI=1S/C26H31N5O2S/c1-17(2)10-9-12-19(4)27-23(32)16-34-26-29-28-25-30(21-14-7-5-11-18(21)3)24(33)20-13-6-8-15-22(20)31(25)26/h5-8,11,13-15,17,19H,9-10,12,16H2,1-4H3,(H,27,32). The Kier molecular flexibility index (Phi) is 7.36. The van der Waals surface area contributed by atoms with Gasteiger partial charge in [-0.05, 0) is 49.9 Å². The molecule has 34 heavy (non-hydrogen) atoms. The van der Waals surface area contributed by atoms with Crippen LogP contribution in [0.5, 0.6) is 0 Å². The molecule has 8 heteroatoms. The second kappa shape index (κ2) is 10.4. The van der Waals surface area contributed by atoms with Gasteiger partial charge in [-0.25, -0.2) is 4.57 Å². The first kappa shape index (κ1) is 24.0. The number of hydrogen-bond acceptors (Lipinski definition) is 5. The van der Waals surface area contributed by atoms with Crippen LogP contribution in [0.15, 0.2) is 58.5 Å². The number of para-hydroxylation sites is 2. The van der Waals surface area contributed by atoms with E-state index >= 15 is 0 Å². The van der Waals surface area contributed by atoms with Crippen molar-refractivity contribution in [1.29, 1.82) is 0 Å². The van der Waals surface area contributed by atoms with Crippen molar-refractivity contribution in [2.45, 2.75) is 58.2 Å². The van der Waals surface area contributed by atoms with Crippen LogP contribution in [0.3, 0.4) is 0 Å². The van der Waals surface area contributed by atoms with E-state index in [4.69, 9.17) is 0 Å². The van der Waals surface area contributed by atoms with Gasteiger partial charge in [-0.15, -0.1) is 10.2 Å². The van der Waals surface area contributed by atoms with E-state index in [-0.39, 0.29) is 23.3 Å². The quantitative estimate of drug-likeness (QED) is 0.351. The Hall–Kier alpha value is -3.13. The van der Waals surface area contributed by atoms with Crippen molar-refractivity contribution < 1.29 is 4.79 Å². The molecule has 1 unspecified atom stereocenters. The van der Waals surface area contributed by atoms with E-state index in [1.54, 1.807) is 4.57 Å². The van der Waals surface area contributed by atoms with Crippen LogP contribution in [-0.2, 0) is 4.79 Å². The van der Waals surface area contributed by atoms with Gasteiger partial charge in [0.15, 0.2) is 5.16 Å². The normalized spacial score (nSPS) is 12.5. The van der Waals surface area contributed by atoms with Gasteiger partial charge in [0.25, 0.3) is 5.56 Å². The van der Waals surface area contributed by atoms with Crippen LogP contribution in [-0.4, -0.2) is 36.9 Å². The minimum Gasteiger partial charge on any atom is -0.353 e. The summed E-state index contributed by atoms with van der Waals surface area (Å²) < 4.78 is 3.47. The topological polar surface area (TPSA) is 81.3 Å². The fourth-order valence-corrected chi connectivity index (χ4v) is 4.91. The third-order valence-corrected chi connectivity index (χ3v) is 6.84. The van der Waals surface area contributed by atoms with E-state index in [1.165, 1.54) is 11.8 Å². The van der Waals surface area contributed by atoms with Crippen molar-refractivity contribution in [2.24, 2.45) is 5.92 Å². The number of carbonyl (C=O) groups is 1. The zero-order chi connectivity index (χ0) is 24.2. The summed E-state index contributed by atoms with van der Waals surface area (Å²) in [4.78, 5) is 26.0. The Bertz CT molecular complexity index is 1370. The van der Waals surface area contributed by atoms with Gasteiger partial charge >= 0.3 is 0 Å². The Morgan fingerprint density at radius 2 is 1.76 bits per heavy atom. The molecule has 0 radical (unpaired) electrons. The van der Waals surface area contributed by atoms with E-state index in [2.05, 4.69) is 29.4 Å². The Balaban J connectivity index is 1.64. The van der Waals surface area contributed by atoms with E-state index < -0.39 is 0 Å². The minimum atomic E-state index is -0.144. The summed E-state index contributed by atoms with van der Waals surface area (Å²) in [5, 5.41) is 13.0. The highest BCUT2D eigenvalue weighted by Crippen LogP contribution is 2.24. The summed E-state index contributed by atoms with van der Waals surface area (Å²) in [7, 11) is 0. The lowest BCUT2D eigenvalue weighted by Crippen LogP contribution is -2.33. The summed E-state index contributed by atoms with van der Waals surface area (Å²) in [5.41, 5.74) is 2.31. The lowest BCUT2D eigenvalue weighted by molar-refractivity contribution is -0.119. The van der Waals surface area contributed by atoms with Crippen LogP contribution >= 0.6 is 11.8 Å². The molecular formula is C26H31N5O2S. The van der Waals surface area contributed by atoms with Crippen LogP contribution in [0.4, 0.5) is 0 Å². The van der Waals surface area contributed by atoms with Crippen LogP contribution in [0.1, 0.15) is 45.6 Å². The average Bonchev–Trinajstić information content (AvgIpc) is 3.22. The maximum absolute atomic E-state index is 13.4. The molecule has 0 spiro atoms. The molecule has 2 heterocycles. The largest absolute Gasteiger partial charge is 0.353 e. The van der Waals surface area contributed by atoms with Crippen molar-refractivity contribution in [3.63, 3.8) is 0 Å². The fraction of sp³-hybridized carbons (Fsp3) is 0.385. The maximum Gasteiger partial charge on any atom is 0.267 e. The monoisotopic (exact) mass is 477 g/mol. The maximum atomic E-state index is 13.4. The van der Waals surface area contributed by atoms with Gasteiger partial charge in [0.05, 0.1) is 22.3 Å². The van der Waals surface area contributed by atoms with Gasteiger partial charge in [0.1, 0.15) is 0 Å². The molecule has 1 amide bonds. The molecular weight excluding hydrogens is 446 g/mol. The first-order chi connectivity index (χ1) is 16.4. The lowest BCUT2D eigenvalue weighted by atomic mass is 10.0. The number of benzene rings is 2. The molecule has 4 rings (SSSR count). The summed E-state index contributed by atoms with van der Waals surface area (Å²) in [6.45, 7) is 8.44. The van der Waals surface area contributed by atoms with E-state index in [0.717, 1.165) is 36.0 Å². The highest BCUT2D eigenvalue weighted by atomic mass is 32.2. The number of nitrogens with zero attached hydrogens (tertiary/aromatic N) is 4. The second-order valence-corrected chi connectivity index (χ2v) is 10.1. The molecule has 1 atom stereocenters. The fourth-order valence-electron chi connectivity index (χ4n) is 4.15. The smallest absolute Gasteiger partial charge is 0.267 e. The number of amides is 1. The van der Waals surface area contributed by atoms with Crippen molar-refractivity contribution in [3.8, 4) is 5.69 Å². The zero-order valence-corrected chi connectivity index (χ0v) is 20.9. The summed E-state index contributed by atoms with van der Waals surface area (Å²) in [6, 6.07) is 15.3. The van der Waals surface area contributed by atoms with Crippen molar-refractivity contribution in [2.75, 3.05) is 5.75 Å². The lowest BCUT2D eigenvalue weighted by Gasteiger charge is -2.14. The molecule has 178 valence electrons. The first-order valence-corrected chi connectivity index (χ1v) is 12.7. The number of fused-ring (bicyclic) bond motifs is 3. The third kappa shape index (κ3) is 5.01. The first-order valence-electron chi connectivity index (χ1n) is 11.7. The average molecular weight is 478 g/mol. The van der Waals surface area contributed by atoms with Gasteiger partial charge in [-0.2, -0.15) is 0 Å². The van der Waals surface area contributed by atoms with E-state index in [1.807, 2.05) is 66.8 Å². The highest BCUT2D eigenvalue weighted by Gasteiger charge is 2.19. The van der Waals surface area contributed by atoms with Crippen LogP contribution in [0.25, 0.3) is 22.4 Å². The molecule has 0 aliphatic carbocycles. The Labute approximate surface area is 203 Å². The Morgan fingerprint density at radius 3 is 2.53 bits per heavy atom. The molecule has 4 aromatic rings. The van der Waals surface area contributed by atoms with E-state index in [0.29, 0.717) is 22.2 Å². The third-order valence-electron chi connectivity index (χ3n) is 5.91. The molecule has 0 fully saturated rings. The van der Waals surface area contributed by atoms with Crippen LogP contribution in [0, 0.1) is 12.8 Å². The predicted molar refractivity (Wildman–Crippen MR) is 138 cm³/mol. The number of carbonyl (C=O) groups excluding carboxylic acids is 1. The zero-order valence-electron chi connectivity index (χ0n) is 20.1. The van der Waals surface area contributed by atoms with Gasteiger partial charge in [0.2, 0.25) is 11.7 Å². The summed E-state index contributed by atoms with van der Waals surface area (Å²) >= 11 is 1.33. The molecule has 0 aliphatic rings.